The van der Waals surface area contributed by atoms with Gasteiger partial charge in [0.25, 0.3) is 0 Å². The monoisotopic (exact) mass is 258 g/mol. The highest BCUT2D eigenvalue weighted by molar-refractivity contribution is 4.59. The van der Waals surface area contributed by atoms with Crippen molar-refractivity contribution >= 4 is 0 Å². The van der Waals surface area contributed by atoms with Gasteiger partial charge in [-0.1, -0.05) is 58.3 Å². The molecule has 110 valence electrons. The van der Waals surface area contributed by atoms with Crippen molar-refractivity contribution in [3.8, 4) is 0 Å². The van der Waals surface area contributed by atoms with Gasteiger partial charge in [-0.25, -0.2) is 0 Å². The highest BCUT2D eigenvalue weighted by Gasteiger charge is 2.06. The molecule has 2 nitrogen and oxygen atoms in total. The van der Waals surface area contributed by atoms with Gasteiger partial charge >= 0.3 is 0 Å². The van der Waals surface area contributed by atoms with Gasteiger partial charge < -0.3 is 9.84 Å². The van der Waals surface area contributed by atoms with Crippen molar-refractivity contribution < 1.29 is 9.84 Å². The van der Waals surface area contributed by atoms with Gasteiger partial charge in [0.15, 0.2) is 0 Å². The van der Waals surface area contributed by atoms with Crippen LogP contribution in [0.2, 0.25) is 0 Å². The van der Waals surface area contributed by atoms with Gasteiger partial charge in [-0.3, -0.25) is 0 Å². The van der Waals surface area contributed by atoms with Crippen LogP contribution >= 0.6 is 0 Å². The van der Waals surface area contributed by atoms with Crippen LogP contribution in [0.15, 0.2) is 0 Å². The van der Waals surface area contributed by atoms with E-state index in [1.807, 2.05) is 0 Å². The Morgan fingerprint density at radius 1 is 0.833 bits per heavy atom. The third-order valence-electron chi connectivity index (χ3n) is 3.70. The summed E-state index contributed by atoms with van der Waals surface area (Å²) in [6.45, 7) is 4.31. The van der Waals surface area contributed by atoms with Crippen LogP contribution in [0.4, 0.5) is 0 Å². The lowest BCUT2D eigenvalue weighted by atomic mass is 10.0. The predicted octanol–water partition coefficient (Wildman–Crippen LogP) is 4.69. The maximum absolute atomic E-state index is 9.81. The summed E-state index contributed by atoms with van der Waals surface area (Å²) in [7, 11) is 1.73. The molecule has 1 N–H and O–H groups in total. The van der Waals surface area contributed by atoms with Gasteiger partial charge in [-0.2, -0.15) is 0 Å². The Morgan fingerprint density at radius 3 is 1.94 bits per heavy atom. The molecule has 2 atom stereocenters. The van der Waals surface area contributed by atoms with Crippen LogP contribution in [0, 0.1) is 0 Å². The highest BCUT2D eigenvalue weighted by Crippen LogP contribution is 2.13. The molecular weight excluding hydrogens is 224 g/mol. The standard InChI is InChI=1S/C16H34O2/c1-4-5-6-7-8-9-10-11-12-16(17)14-13-15(2)18-3/h15-17H,4-14H2,1-3H3. The summed E-state index contributed by atoms with van der Waals surface area (Å²) in [5.41, 5.74) is 0. The molecule has 0 radical (unpaired) electrons. The molecule has 0 bridgehead atoms. The first-order valence-electron chi connectivity index (χ1n) is 7.91. The van der Waals surface area contributed by atoms with E-state index in [0.29, 0.717) is 0 Å². The molecule has 2 unspecified atom stereocenters. The van der Waals surface area contributed by atoms with Crippen LogP contribution < -0.4 is 0 Å². The first-order valence-corrected chi connectivity index (χ1v) is 7.91. The van der Waals surface area contributed by atoms with Crippen LogP contribution in [-0.2, 0) is 4.74 Å². The van der Waals surface area contributed by atoms with Crippen molar-refractivity contribution in [3.05, 3.63) is 0 Å². The van der Waals surface area contributed by atoms with Crippen molar-refractivity contribution in [3.63, 3.8) is 0 Å². The fourth-order valence-electron chi connectivity index (χ4n) is 2.20. The van der Waals surface area contributed by atoms with Crippen LogP contribution in [0.5, 0.6) is 0 Å². The fraction of sp³-hybridized carbons (Fsp3) is 1.00. The molecule has 0 aromatic rings. The number of unbranched alkanes of at least 4 members (excludes halogenated alkanes) is 7. The van der Waals surface area contributed by atoms with E-state index in [4.69, 9.17) is 4.74 Å². The molecule has 0 saturated heterocycles. The molecule has 0 fully saturated rings. The predicted molar refractivity (Wildman–Crippen MR) is 78.9 cm³/mol. The van der Waals surface area contributed by atoms with E-state index < -0.39 is 0 Å². The second-order valence-electron chi connectivity index (χ2n) is 5.54. The van der Waals surface area contributed by atoms with Crippen LogP contribution in [0.1, 0.15) is 84.5 Å². The average molecular weight is 258 g/mol. The first-order chi connectivity index (χ1) is 8.70. The van der Waals surface area contributed by atoms with Gasteiger partial charge in [0.2, 0.25) is 0 Å². The summed E-state index contributed by atoms with van der Waals surface area (Å²) in [5, 5.41) is 9.81. The van der Waals surface area contributed by atoms with Gasteiger partial charge in [-0.05, 0) is 26.2 Å². The summed E-state index contributed by atoms with van der Waals surface area (Å²) in [4.78, 5) is 0. The van der Waals surface area contributed by atoms with Crippen LogP contribution in [0.3, 0.4) is 0 Å². The number of aliphatic hydroxyl groups is 1. The van der Waals surface area contributed by atoms with Gasteiger partial charge in [0, 0.05) is 7.11 Å². The summed E-state index contributed by atoms with van der Waals surface area (Å²) in [6.07, 6.45) is 13.6. The number of methoxy groups -OCH3 is 1. The highest BCUT2D eigenvalue weighted by atomic mass is 16.5. The number of rotatable bonds is 13. The average Bonchev–Trinajstić information content (AvgIpc) is 2.39. The molecule has 0 aliphatic carbocycles. The fourth-order valence-corrected chi connectivity index (χ4v) is 2.20. The van der Waals surface area contributed by atoms with E-state index >= 15 is 0 Å². The molecule has 18 heavy (non-hydrogen) atoms. The minimum absolute atomic E-state index is 0.123. The molecule has 0 aromatic carbocycles. The van der Waals surface area contributed by atoms with E-state index in [1.165, 1.54) is 51.4 Å². The van der Waals surface area contributed by atoms with Crippen molar-refractivity contribution in [2.75, 3.05) is 7.11 Å². The quantitative estimate of drug-likeness (QED) is 0.485. The molecule has 0 aliphatic rings. The number of hydrogen-bond donors (Lipinski definition) is 1. The Hall–Kier alpha value is -0.0800. The third kappa shape index (κ3) is 12.4. The molecule has 0 rings (SSSR count). The van der Waals surface area contributed by atoms with E-state index in [1.54, 1.807) is 7.11 Å². The number of aliphatic hydroxyl groups excluding tert-OH is 1. The van der Waals surface area contributed by atoms with Gasteiger partial charge in [0.05, 0.1) is 12.2 Å². The molecule has 0 aliphatic heterocycles. The molecule has 2 heteroatoms. The van der Waals surface area contributed by atoms with Crippen molar-refractivity contribution in [1.82, 2.24) is 0 Å². The van der Waals surface area contributed by atoms with E-state index in [-0.39, 0.29) is 12.2 Å². The zero-order chi connectivity index (χ0) is 13.6. The molecule has 0 spiro atoms. The summed E-state index contributed by atoms with van der Waals surface area (Å²) < 4.78 is 5.18. The molecule has 0 saturated carbocycles. The van der Waals surface area contributed by atoms with Crippen LogP contribution in [0.25, 0.3) is 0 Å². The second-order valence-corrected chi connectivity index (χ2v) is 5.54. The zero-order valence-electron chi connectivity index (χ0n) is 12.8. The second kappa shape index (κ2) is 13.4. The molecular formula is C16H34O2. The SMILES string of the molecule is CCCCCCCCCCC(O)CCC(C)OC. The lowest BCUT2D eigenvalue weighted by molar-refractivity contribution is 0.0816. The van der Waals surface area contributed by atoms with Gasteiger partial charge in [0.1, 0.15) is 0 Å². The Kier molecular flexibility index (Phi) is 13.3. The number of ether oxygens (including phenoxy) is 1. The first kappa shape index (κ1) is 17.9. The van der Waals surface area contributed by atoms with Crippen molar-refractivity contribution in [1.29, 1.82) is 0 Å². The largest absolute Gasteiger partial charge is 0.393 e. The van der Waals surface area contributed by atoms with Gasteiger partial charge in [-0.15, -0.1) is 0 Å². The molecule has 0 amide bonds. The number of hydrogen-bond acceptors (Lipinski definition) is 2. The Bertz CT molecular complexity index is 159. The van der Waals surface area contributed by atoms with Crippen molar-refractivity contribution in [2.24, 2.45) is 0 Å². The van der Waals surface area contributed by atoms with E-state index in [2.05, 4.69) is 13.8 Å². The lowest BCUT2D eigenvalue weighted by Crippen LogP contribution is -2.12. The Labute approximate surface area is 114 Å². The normalized spacial score (nSPS) is 14.7. The Balaban J connectivity index is 3.17. The summed E-state index contributed by atoms with van der Waals surface area (Å²) in [6, 6.07) is 0. The summed E-state index contributed by atoms with van der Waals surface area (Å²) in [5.74, 6) is 0. The zero-order valence-corrected chi connectivity index (χ0v) is 12.8. The minimum atomic E-state index is -0.123. The minimum Gasteiger partial charge on any atom is -0.393 e. The van der Waals surface area contributed by atoms with E-state index in [9.17, 15) is 5.11 Å². The Morgan fingerprint density at radius 2 is 1.39 bits per heavy atom. The maximum atomic E-state index is 9.81. The van der Waals surface area contributed by atoms with Crippen LogP contribution in [-0.4, -0.2) is 24.4 Å². The lowest BCUT2D eigenvalue weighted by Gasteiger charge is -2.13. The topological polar surface area (TPSA) is 29.5 Å². The molecule has 0 aromatic heterocycles. The maximum Gasteiger partial charge on any atom is 0.0544 e. The summed E-state index contributed by atoms with van der Waals surface area (Å²) >= 11 is 0. The van der Waals surface area contributed by atoms with Crippen molar-refractivity contribution in [2.45, 2.75) is 96.7 Å². The molecule has 0 heterocycles. The van der Waals surface area contributed by atoms with E-state index in [0.717, 1.165) is 19.3 Å². The smallest absolute Gasteiger partial charge is 0.0544 e. The third-order valence-corrected chi connectivity index (χ3v) is 3.70.